The second-order valence-corrected chi connectivity index (χ2v) is 6.95. The summed E-state index contributed by atoms with van der Waals surface area (Å²) in [6.07, 6.45) is 1.68. The van der Waals surface area contributed by atoms with Crippen molar-refractivity contribution in [2.75, 3.05) is 13.1 Å². The van der Waals surface area contributed by atoms with Crippen LogP contribution in [0, 0.1) is 6.92 Å². The van der Waals surface area contributed by atoms with Crippen LogP contribution in [0.4, 0.5) is 4.79 Å². The van der Waals surface area contributed by atoms with Crippen molar-refractivity contribution in [3.63, 3.8) is 0 Å². The number of nitrogens with one attached hydrogen (secondary N) is 2. The predicted octanol–water partition coefficient (Wildman–Crippen LogP) is 1.67. The number of rotatable bonds is 6. The summed E-state index contributed by atoms with van der Waals surface area (Å²) in [7, 11) is 0. The first-order valence-corrected chi connectivity index (χ1v) is 8.96. The third kappa shape index (κ3) is 5.19. The average Bonchev–Trinajstić information content (AvgIpc) is 2.83. The summed E-state index contributed by atoms with van der Waals surface area (Å²) in [5, 5.41) is 4.70. The van der Waals surface area contributed by atoms with Crippen molar-refractivity contribution in [1.29, 1.82) is 0 Å². The fourth-order valence-electron chi connectivity index (χ4n) is 2.32. The van der Waals surface area contributed by atoms with Crippen LogP contribution in [0.2, 0.25) is 0 Å². The molecule has 0 spiro atoms. The van der Waals surface area contributed by atoms with Gasteiger partial charge in [-0.05, 0) is 37.2 Å². The largest absolute Gasteiger partial charge is 0.353 e. The molecule has 138 valence electrons. The van der Waals surface area contributed by atoms with Gasteiger partial charge in [-0.25, -0.2) is 0 Å². The molecule has 1 atom stereocenters. The Morgan fingerprint density at radius 3 is 2.50 bits per heavy atom. The highest BCUT2D eigenvalue weighted by atomic mass is 32.2. The zero-order valence-electron chi connectivity index (χ0n) is 14.9. The maximum atomic E-state index is 12.4. The Balaban J connectivity index is 1.91. The van der Waals surface area contributed by atoms with Gasteiger partial charge in [0.05, 0.1) is 4.91 Å². The van der Waals surface area contributed by atoms with E-state index in [1.807, 2.05) is 31.2 Å². The predicted molar refractivity (Wildman–Crippen MR) is 100 cm³/mol. The monoisotopic (exact) mass is 375 g/mol. The summed E-state index contributed by atoms with van der Waals surface area (Å²) in [6.45, 7) is 5.05. The SMILES string of the molecule is CC(=O)NC(C)C(=O)NCCN1C(=O)S/C(=C\c2ccc(C)cc2)C1=O. The fourth-order valence-corrected chi connectivity index (χ4v) is 3.19. The lowest BCUT2D eigenvalue weighted by molar-refractivity contribution is -0.127. The van der Waals surface area contributed by atoms with Crippen molar-refractivity contribution in [1.82, 2.24) is 15.5 Å². The van der Waals surface area contributed by atoms with E-state index < -0.39 is 6.04 Å². The molecule has 4 amide bonds. The van der Waals surface area contributed by atoms with Crippen LogP contribution in [0.5, 0.6) is 0 Å². The second-order valence-electron chi connectivity index (χ2n) is 5.96. The molecule has 1 aliphatic rings. The van der Waals surface area contributed by atoms with Gasteiger partial charge in [-0.15, -0.1) is 0 Å². The van der Waals surface area contributed by atoms with E-state index in [0.29, 0.717) is 4.91 Å². The van der Waals surface area contributed by atoms with Gasteiger partial charge in [-0.1, -0.05) is 29.8 Å². The van der Waals surface area contributed by atoms with Gasteiger partial charge in [-0.3, -0.25) is 24.1 Å². The van der Waals surface area contributed by atoms with E-state index in [2.05, 4.69) is 10.6 Å². The lowest BCUT2D eigenvalue weighted by atomic mass is 10.1. The van der Waals surface area contributed by atoms with Gasteiger partial charge >= 0.3 is 0 Å². The number of amides is 4. The van der Waals surface area contributed by atoms with Crippen LogP contribution in [0.3, 0.4) is 0 Å². The van der Waals surface area contributed by atoms with E-state index in [1.54, 1.807) is 13.0 Å². The molecule has 1 heterocycles. The molecule has 0 aliphatic carbocycles. The number of thioether (sulfide) groups is 1. The van der Waals surface area contributed by atoms with Gasteiger partial charge in [0, 0.05) is 20.0 Å². The summed E-state index contributed by atoms with van der Waals surface area (Å²) in [5.74, 6) is -1.05. The van der Waals surface area contributed by atoms with Crippen molar-refractivity contribution < 1.29 is 19.2 Å². The van der Waals surface area contributed by atoms with Crippen LogP contribution in [0.1, 0.15) is 25.0 Å². The lowest BCUT2D eigenvalue weighted by Crippen LogP contribution is -2.46. The van der Waals surface area contributed by atoms with Crippen LogP contribution >= 0.6 is 11.8 Å². The number of hydrogen-bond acceptors (Lipinski definition) is 5. The molecule has 8 heteroatoms. The van der Waals surface area contributed by atoms with E-state index in [4.69, 9.17) is 0 Å². The number of benzene rings is 1. The third-order valence-electron chi connectivity index (χ3n) is 3.70. The molecule has 2 rings (SSSR count). The zero-order chi connectivity index (χ0) is 19.3. The van der Waals surface area contributed by atoms with Crippen LogP contribution in [-0.2, 0) is 14.4 Å². The van der Waals surface area contributed by atoms with E-state index in [1.165, 1.54) is 6.92 Å². The summed E-state index contributed by atoms with van der Waals surface area (Å²) in [5.41, 5.74) is 1.96. The molecule has 0 bridgehead atoms. The van der Waals surface area contributed by atoms with Crippen molar-refractivity contribution in [3.8, 4) is 0 Å². The van der Waals surface area contributed by atoms with Crippen LogP contribution in [-0.4, -0.2) is 47.0 Å². The molecule has 7 nitrogen and oxygen atoms in total. The molecule has 1 aromatic rings. The van der Waals surface area contributed by atoms with Crippen molar-refractivity contribution in [3.05, 3.63) is 40.3 Å². The van der Waals surface area contributed by atoms with Gasteiger partial charge in [0.1, 0.15) is 6.04 Å². The number of nitrogens with zero attached hydrogens (tertiary/aromatic N) is 1. The van der Waals surface area contributed by atoms with E-state index in [9.17, 15) is 19.2 Å². The first kappa shape index (κ1) is 19.7. The Labute approximate surface area is 156 Å². The Kier molecular flexibility index (Phi) is 6.57. The van der Waals surface area contributed by atoms with E-state index >= 15 is 0 Å². The quantitative estimate of drug-likeness (QED) is 0.738. The number of imide groups is 1. The van der Waals surface area contributed by atoms with Gasteiger partial charge in [0.25, 0.3) is 11.1 Å². The van der Waals surface area contributed by atoms with Crippen molar-refractivity contribution >= 4 is 40.8 Å². The van der Waals surface area contributed by atoms with Gasteiger partial charge in [0.15, 0.2) is 0 Å². The summed E-state index contributed by atoms with van der Waals surface area (Å²) >= 11 is 0.883. The summed E-state index contributed by atoms with van der Waals surface area (Å²) < 4.78 is 0. The van der Waals surface area contributed by atoms with E-state index in [0.717, 1.165) is 27.8 Å². The number of carbonyl (C=O) groups excluding carboxylic acids is 4. The molecule has 26 heavy (non-hydrogen) atoms. The smallest absolute Gasteiger partial charge is 0.293 e. The first-order valence-electron chi connectivity index (χ1n) is 8.15. The molecule has 2 N–H and O–H groups in total. The highest BCUT2D eigenvalue weighted by Crippen LogP contribution is 2.31. The topological polar surface area (TPSA) is 95.6 Å². The maximum absolute atomic E-state index is 12.4. The number of hydrogen-bond donors (Lipinski definition) is 2. The molecule has 1 aliphatic heterocycles. The van der Waals surface area contributed by atoms with Gasteiger partial charge in [0.2, 0.25) is 11.8 Å². The Morgan fingerprint density at radius 1 is 1.23 bits per heavy atom. The maximum Gasteiger partial charge on any atom is 0.293 e. The molecule has 0 radical (unpaired) electrons. The molecule has 0 saturated carbocycles. The standard InChI is InChI=1S/C18H21N3O4S/c1-11-4-6-14(7-5-11)10-15-17(24)21(18(25)26-15)9-8-19-16(23)12(2)20-13(3)22/h4-7,10,12H,8-9H2,1-3H3,(H,19,23)(H,20,22)/b15-10-. The zero-order valence-corrected chi connectivity index (χ0v) is 15.7. The van der Waals surface area contributed by atoms with Crippen molar-refractivity contribution in [2.45, 2.75) is 26.8 Å². The lowest BCUT2D eigenvalue weighted by Gasteiger charge is -2.15. The molecule has 1 saturated heterocycles. The minimum absolute atomic E-state index is 0.0778. The average molecular weight is 375 g/mol. The molecule has 1 fully saturated rings. The highest BCUT2D eigenvalue weighted by Gasteiger charge is 2.34. The summed E-state index contributed by atoms with van der Waals surface area (Å²) in [6, 6.07) is 6.95. The molecular formula is C18H21N3O4S. The molecule has 0 aromatic heterocycles. The van der Waals surface area contributed by atoms with Crippen LogP contribution in [0.25, 0.3) is 6.08 Å². The second kappa shape index (κ2) is 8.66. The summed E-state index contributed by atoms with van der Waals surface area (Å²) in [4.78, 5) is 48.7. The Bertz CT molecular complexity index is 758. The van der Waals surface area contributed by atoms with Crippen LogP contribution in [0.15, 0.2) is 29.2 Å². The Morgan fingerprint density at radius 2 is 1.88 bits per heavy atom. The molecule has 1 unspecified atom stereocenters. The third-order valence-corrected chi connectivity index (χ3v) is 4.60. The minimum atomic E-state index is -0.677. The number of carbonyl (C=O) groups is 4. The van der Waals surface area contributed by atoms with Crippen LogP contribution < -0.4 is 10.6 Å². The van der Waals surface area contributed by atoms with E-state index in [-0.39, 0.29) is 36.1 Å². The van der Waals surface area contributed by atoms with Gasteiger partial charge < -0.3 is 10.6 Å². The number of aryl methyl sites for hydroxylation is 1. The normalized spacial score (nSPS) is 16.7. The Hall–Kier alpha value is -2.61. The minimum Gasteiger partial charge on any atom is -0.353 e. The molecule has 1 aromatic carbocycles. The van der Waals surface area contributed by atoms with Gasteiger partial charge in [-0.2, -0.15) is 0 Å². The fraction of sp³-hybridized carbons (Fsp3) is 0.333. The highest BCUT2D eigenvalue weighted by molar-refractivity contribution is 8.18. The first-order chi connectivity index (χ1) is 12.3. The van der Waals surface area contributed by atoms with Crippen molar-refractivity contribution in [2.24, 2.45) is 0 Å². The molecular weight excluding hydrogens is 354 g/mol.